The van der Waals surface area contributed by atoms with Gasteiger partial charge in [-0.3, -0.25) is 14.4 Å². The molecular formula is C13H18N2O4. The zero-order chi connectivity index (χ0) is 14.4. The number of H-pyrrole nitrogens is 1. The van der Waals surface area contributed by atoms with E-state index in [4.69, 9.17) is 0 Å². The molecule has 0 radical (unpaired) electrons. The van der Waals surface area contributed by atoms with Crippen LogP contribution in [-0.4, -0.2) is 42.0 Å². The van der Waals surface area contributed by atoms with Crippen molar-refractivity contribution in [1.82, 2.24) is 9.88 Å². The fraction of sp³-hybridized carbons (Fsp3) is 0.462. The van der Waals surface area contributed by atoms with Gasteiger partial charge >= 0.3 is 5.97 Å². The average molecular weight is 266 g/mol. The second-order valence-electron chi connectivity index (χ2n) is 4.19. The topological polar surface area (TPSA) is 79.5 Å². The summed E-state index contributed by atoms with van der Waals surface area (Å²) in [5.41, 5.74) is 0.260. The third kappa shape index (κ3) is 3.94. The fourth-order valence-electron chi connectivity index (χ4n) is 1.65. The molecule has 104 valence electrons. The van der Waals surface area contributed by atoms with Gasteiger partial charge in [0.05, 0.1) is 7.11 Å². The van der Waals surface area contributed by atoms with Crippen LogP contribution in [0.25, 0.3) is 0 Å². The van der Waals surface area contributed by atoms with E-state index in [0.717, 1.165) is 0 Å². The number of carbonyl (C=O) groups is 2. The second kappa shape index (κ2) is 6.72. The molecule has 0 fully saturated rings. The van der Waals surface area contributed by atoms with Crippen molar-refractivity contribution in [2.75, 3.05) is 20.2 Å². The van der Waals surface area contributed by atoms with E-state index in [9.17, 15) is 14.4 Å². The van der Waals surface area contributed by atoms with Crippen molar-refractivity contribution in [1.29, 1.82) is 0 Å². The molecule has 0 unspecified atom stereocenters. The first-order valence-electron chi connectivity index (χ1n) is 6.05. The molecule has 0 spiro atoms. The van der Waals surface area contributed by atoms with Gasteiger partial charge < -0.3 is 14.6 Å². The number of esters is 1. The Hall–Kier alpha value is -2.11. The Morgan fingerprint density at radius 2 is 2.05 bits per heavy atom. The predicted molar refractivity (Wildman–Crippen MR) is 70.0 cm³/mol. The van der Waals surface area contributed by atoms with E-state index < -0.39 is 17.4 Å². The SMILES string of the molecule is CCCN(CC(=O)OC)C(=O)c1ccc(C)[nH]c1=O. The highest BCUT2D eigenvalue weighted by Crippen LogP contribution is 2.02. The molecule has 0 saturated heterocycles. The number of aryl methyl sites for hydroxylation is 1. The lowest BCUT2D eigenvalue weighted by Gasteiger charge is -2.20. The van der Waals surface area contributed by atoms with Crippen LogP contribution in [0.3, 0.4) is 0 Å². The minimum absolute atomic E-state index is 0.0305. The van der Waals surface area contributed by atoms with E-state index in [2.05, 4.69) is 9.72 Å². The first kappa shape index (κ1) is 14.9. The summed E-state index contributed by atoms with van der Waals surface area (Å²) >= 11 is 0. The molecule has 0 aliphatic carbocycles. The summed E-state index contributed by atoms with van der Waals surface area (Å²) in [6.45, 7) is 3.85. The zero-order valence-electron chi connectivity index (χ0n) is 11.4. The van der Waals surface area contributed by atoms with Crippen molar-refractivity contribution >= 4 is 11.9 Å². The monoisotopic (exact) mass is 266 g/mol. The standard InChI is InChI=1S/C13H18N2O4/c1-4-7-15(8-11(16)19-3)13(18)10-6-5-9(2)14-12(10)17/h5-6H,4,7-8H2,1-3H3,(H,14,17). The Labute approximate surface area is 111 Å². The molecule has 0 saturated carbocycles. The number of nitrogens with zero attached hydrogens (tertiary/aromatic N) is 1. The molecule has 0 aromatic carbocycles. The van der Waals surface area contributed by atoms with Gasteiger partial charge in [0.2, 0.25) is 0 Å². The van der Waals surface area contributed by atoms with Gasteiger partial charge in [-0.2, -0.15) is 0 Å². The van der Waals surface area contributed by atoms with Crippen LogP contribution in [0.1, 0.15) is 29.4 Å². The third-order valence-corrected chi connectivity index (χ3v) is 2.61. The molecule has 0 aliphatic rings. The van der Waals surface area contributed by atoms with Crippen LogP contribution in [0.2, 0.25) is 0 Å². The number of amides is 1. The second-order valence-corrected chi connectivity index (χ2v) is 4.19. The van der Waals surface area contributed by atoms with Crippen LogP contribution in [0.4, 0.5) is 0 Å². The van der Waals surface area contributed by atoms with Crippen LogP contribution < -0.4 is 5.56 Å². The van der Waals surface area contributed by atoms with E-state index in [1.165, 1.54) is 18.1 Å². The summed E-state index contributed by atoms with van der Waals surface area (Å²) < 4.78 is 4.54. The Morgan fingerprint density at radius 1 is 1.37 bits per heavy atom. The van der Waals surface area contributed by atoms with Crippen molar-refractivity contribution < 1.29 is 14.3 Å². The van der Waals surface area contributed by atoms with Gasteiger partial charge in [0.15, 0.2) is 0 Å². The Bertz CT molecular complexity index is 522. The van der Waals surface area contributed by atoms with Gasteiger partial charge in [-0.25, -0.2) is 0 Å². The molecule has 0 aliphatic heterocycles. The van der Waals surface area contributed by atoms with E-state index in [-0.39, 0.29) is 12.1 Å². The maximum atomic E-state index is 12.2. The lowest BCUT2D eigenvalue weighted by Crippen LogP contribution is -2.39. The molecular weight excluding hydrogens is 248 g/mol. The molecule has 1 N–H and O–H groups in total. The summed E-state index contributed by atoms with van der Waals surface area (Å²) in [7, 11) is 1.26. The number of hydrogen-bond donors (Lipinski definition) is 1. The highest BCUT2D eigenvalue weighted by Gasteiger charge is 2.20. The summed E-state index contributed by atoms with van der Waals surface area (Å²) in [6, 6.07) is 3.12. The Morgan fingerprint density at radius 3 is 2.58 bits per heavy atom. The van der Waals surface area contributed by atoms with Crippen LogP contribution in [0.5, 0.6) is 0 Å². The molecule has 0 bridgehead atoms. The van der Waals surface area contributed by atoms with Crippen molar-refractivity contribution in [3.8, 4) is 0 Å². The summed E-state index contributed by atoms with van der Waals surface area (Å²) in [4.78, 5) is 39.1. The van der Waals surface area contributed by atoms with E-state index in [1.54, 1.807) is 13.0 Å². The van der Waals surface area contributed by atoms with Crippen LogP contribution in [0, 0.1) is 6.92 Å². The lowest BCUT2D eigenvalue weighted by molar-refractivity contribution is -0.141. The van der Waals surface area contributed by atoms with Gasteiger partial charge in [0, 0.05) is 12.2 Å². The van der Waals surface area contributed by atoms with Crippen LogP contribution in [0.15, 0.2) is 16.9 Å². The number of nitrogens with one attached hydrogen (secondary N) is 1. The normalized spacial score (nSPS) is 10.1. The van der Waals surface area contributed by atoms with Crippen LogP contribution in [-0.2, 0) is 9.53 Å². The van der Waals surface area contributed by atoms with E-state index in [0.29, 0.717) is 18.7 Å². The maximum absolute atomic E-state index is 12.2. The Balaban J connectivity index is 2.98. The number of carbonyl (C=O) groups excluding carboxylic acids is 2. The highest BCUT2D eigenvalue weighted by molar-refractivity contribution is 5.95. The molecule has 1 heterocycles. The zero-order valence-corrected chi connectivity index (χ0v) is 11.4. The molecule has 6 nitrogen and oxygen atoms in total. The van der Waals surface area contributed by atoms with E-state index in [1.807, 2.05) is 6.92 Å². The summed E-state index contributed by atoms with van der Waals surface area (Å²) in [5.74, 6) is -0.973. The number of aromatic amines is 1. The van der Waals surface area contributed by atoms with Crippen molar-refractivity contribution in [2.45, 2.75) is 20.3 Å². The van der Waals surface area contributed by atoms with Crippen molar-refractivity contribution in [3.05, 3.63) is 33.7 Å². The van der Waals surface area contributed by atoms with Crippen LogP contribution >= 0.6 is 0 Å². The van der Waals surface area contributed by atoms with Gasteiger partial charge in [-0.15, -0.1) is 0 Å². The molecule has 6 heteroatoms. The minimum Gasteiger partial charge on any atom is -0.468 e. The number of aromatic nitrogens is 1. The highest BCUT2D eigenvalue weighted by atomic mass is 16.5. The average Bonchev–Trinajstić information content (AvgIpc) is 2.37. The summed E-state index contributed by atoms with van der Waals surface area (Å²) in [5, 5.41) is 0. The number of methoxy groups -OCH3 is 1. The minimum atomic E-state index is -0.509. The number of ether oxygens (including phenoxy) is 1. The molecule has 19 heavy (non-hydrogen) atoms. The largest absolute Gasteiger partial charge is 0.468 e. The van der Waals surface area contributed by atoms with Crippen molar-refractivity contribution in [3.63, 3.8) is 0 Å². The van der Waals surface area contributed by atoms with Gasteiger partial charge in [-0.1, -0.05) is 6.92 Å². The first-order chi connectivity index (χ1) is 8.99. The van der Waals surface area contributed by atoms with Gasteiger partial charge in [0.1, 0.15) is 12.1 Å². The first-order valence-corrected chi connectivity index (χ1v) is 6.05. The van der Waals surface area contributed by atoms with E-state index >= 15 is 0 Å². The smallest absolute Gasteiger partial charge is 0.325 e. The quantitative estimate of drug-likeness (QED) is 0.796. The number of rotatable bonds is 5. The number of pyridine rings is 1. The number of hydrogen-bond acceptors (Lipinski definition) is 4. The third-order valence-electron chi connectivity index (χ3n) is 2.61. The Kier molecular flexibility index (Phi) is 5.29. The lowest BCUT2D eigenvalue weighted by atomic mass is 10.2. The summed E-state index contributed by atoms with van der Waals surface area (Å²) in [6.07, 6.45) is 0.687. The van der Waals surface area contributed by atoms with Gasteiger partial charge in [0.25, 0.3) is 11.5 Å². The maximum Gasteiger partial charge on any atom is 0.325 e. The molecule has 1 aromatic rings. The molecule has 1 amide bonds. The van der Waals surface area contributed by atoms with Crippen molar-refractivity contribution in [2.24, 2.45) is 0 Å². The fourth-order valence-corrected chi connectivity index (χ4v) is 1.65. The predicted octanol–water partition coefficient (Wildman–Crippen LogP) is 0.709. The molecule has 1 aromatic heterocycles. The molecule has 1 rings (SSSR count). The molecule has 0 atom stereocenters. The van der Waals surface area contributed by atoms with Gasteiger partial charge in [-0.05, 0) is 25.5 Å².